The second-order valence-electron chi connectivity index (χ2n) is 13.1. The summed E-state index contributed by atoms with van der Waals surface area (Å²) in [6, 6.07) is 58.4. The Morgan fingerprint density at radius 3 is 2.08 bits per heavy atom. The predicted molar refractivity (Wildman–Crippen MR) is 214 cm³/mol. The molecule has 0 amide bonds. The highest BCUT2D eigenvalue weighted by atomic mass is 32.1. The lowest BCUT2D eigenvalue weighted by Gasteiger charge is -2.12. The Bertz CT molecular complexity index is 3130. The molecule has 0 N–H and O–H groups in total. The molecule has 4 heterocycles. The van der Waals surface area contributed by atoms with E-state index in [1.807, 2.05) is 23.5 Å². The van der Waals surface area contributed by atoms with Crippen molar-refractivity contribution in [3.8, 4) is 34.0 Å². The molecule has 0 radical (unpaired) electrons. The molecule has 7 aromatic carbocycles. The minimum Gasteiger partial charge on any atom is -0.317 e. The first-order chi connectivity index (χ1) is 25.3. The zero-order valence-corrected chi connectivity index (χ0v) is 28.2. The summed E-state index contributed by atoms with van der Waals surface area (Å²) in [5, 5.41) is 7.29. The third-order valence-corrected chi connectivity index (χ3v) is 11.3. The Morgan fingerprint density at radius 2 is 1.20 bits per heavy atom. The monoisotopic (exact) mass is 668 g/mol. The Kier molecular flexibility index (Phi) is 6.09. The molecule has 0 spiro atoms. The average molecular weight is 669 g/mol. The molecule has 0 saturated heterocycles. The van der Waals surface area contributed by atoms with Gasteiger partial charge in [-0.2, -0.15) is 0 Å². The van der Waals surface area contributed by atoms with Crippen LogP contribution < -0.4 is 0 Å². The first-order valence-corrected chi connectivity index (χ1v) is 18.0. The molecule has 51 heavy (non-hydrogen) atoms. The van der Waals surface area contributed by atoms with Gasteiger partial charge in [0.1, 0.15) is 0 Å². The Balaban J connectivity index is 1.20. The van der Waals surface area contributed by atoms with Crippen LogP contribution in [0.1, 0.15) is 0 Å². The van der Waals surface area contributed by atoms with Gasteiger partial charge in [0.05, 0.1) is 32.5 Å². The van der Waals surface area contributed by atoms with Gasteiger partial charge < -0.3 is 9.13 Å². The molecule has 0 aliphatic heterocycles. The van der Waals surface area contributed by atoms with Crippen molar-refractivity contribution < 1.29 is 0 Å². The first-order valence-electron chi connectivity index (χ1n) is 17.2. The number of benzene rings is 7. The van der Waals surface area contributed by atoms with Gasteiger partial charge in [-0.15, -0.1) is 11.3 Å². The predicted octanol–water partition coefficient (Wildman–Crippen LogP) is 12.4. The molecule has 0 saturated carbocycles. The lowest BCUT2D eigenvalue weighted by atomic mass is 10.1. The van der Waals surface area contributed by atoms with Crippen LogP contribution >= 0.6 is 11.3 Å². The van der Waals surface area contributed by atoms with Crippen LogP contribution in [0.2, 0.25) is 0 Å². The van der Waals surface area contributed by atoms with Crippen molar-refractivity contribution in [1.82, 2.24) is 19.1 Å². The van der Waals surface area contributed by atoms with Crippen molar-refractivity contribution in [2.24, 2.45) is 0 Å². The number of aromatic nitrogens is 4. The third kappa shape index (κ3) is 4.32. The minimum absolute atomic E-state index is 0.713. The molecule has 11 rings (SSSR count). The van der Waals surface area contributed by atoms with Crippen LogP contribution in [0, 0.1) is 0 Å². The van der Waals surface area contributed by atoms with Crippen molar-refractivity contribution in [3.05, 3.63) is 170 Å². The number of hydrogen-bond acceptors (Lipinski definition) is 3. The Labute approximate surface area is 297 Å². The van der Waals surface area contributed by atoms with Gasteiger partial charge >= 0.3 is 0 Å². The summed E-state index contributed by atoms with van der Waals surface area (Å²) >= 11 is 1.87. The highest BCUT2D eigenvalue weighted by molar-refractivity contribution is 7.26. The third-order valence-electron chi connectivity index (χ3n) is 10.1. The standard InChI is InChI=1S/C46H28N4S/c1-3-12-29(13-4-1)43-37-19-7-9-20-39(37)47-46(48-43)31-14-11-17-33(26-31)50-41-27-30-24-25-49(32-15-5-2-6-16-32)40(30)28-38(41)35-22-23-36-34-18-8-10-21-42(34)51-45(36)44(35)50/h1-28H. The fraction of sp³-hybridized carbons (Fsp3) is 0. The molecule has 0 fully saturated rings. The number of fused-ring (bicyclic) bond motifs is 9. The molecule has 4 nitrogen and oxygen atoms in total. The topological polar surface area (TPSA) is 35.6 Å². The molecule has 238 valence electrons. The second kappa shape index (κ2) is 11.0. The Morgan fingerprint density at radius 1 is 0.471 bits per heavy atom. The molecule has 4 aromatic heterocycles. The van der Waals surface area contributed by atoms with E-state index in [4.69, 9.17) is 9.97 Å². The molecule has 11 aromatic rings. The molecular formula is C46H28N4S. The summed E-state index contributed by atoms with van der Waals surface area (Å²) in [6.45, 7) is 0. The van der Waals surface area contributed by atoms with Crippen LogP contribution in [-0.2, 0) is 0 Å². The van der Waals surface area contributed by atoms with Crippen LogP contribution in [0.4, 0.5) is 0 Å². The summed E-state index contributed by atoms with van der Waals surface area (Å²) in [4.78, 5) is 10.3. The summed E-state index contributed by atoms with van der Waals surface area (Å²) in [5.74, 6) is 0.713. The normalized spacial score (nSPS) is 11.9. The van der Waals surface area contributed by atoms with Crippen molar-refractivity contribution in [2.45, 2.75) is 0 Å². The fourth-order valence-corrected chi connectivity index (χ4v) is 9.03. The van der Waals surface area contributed by atoms with Gasteiger partial charge in [0.2, 0.25) is 0 Å². The van der Waals surface area contributed by atoms with E-state index in [2.05, 4.69) is 167 Å². The van der Waals surface area contributed by atoms with Crippen LogP contribution in [0.5, 0.6) is 0 Å². The van der Waals surface area contributed by atoms with Crippen molar-refractivity contribution >= 4 is 75.1 Å². The van der Waals surface area contributed by atoms with Gasteiger partial charge in [-0.25, -0.2) is 9.97 Å². The van der Waals surface area contributed by atoms with Gasteiger partial charge in [-0.1, -0.05) is 109 Å². The van der Waals surface area contributed by atoms with Crippen molar-refractivity contribution in [3.63, 3.8) is 0 Å². The Hall–Kier alpha value is -6.56. The van der Waals surface area contributed by atoms with Crippen LogP contribution in [0.25, 0.3) is 97.8 Å². The van der Waals surface area contributed by atoms with E-state index in [9.17, 15) is 0 Å². The zero-order chi connectivity index (χ0) is 33.5. The highest BCUT2D eigenvalue weighted by Crippen LogP contribution is 2.44. The van der Waals surface area contributed by atoms with Gasteiger partial charge in [0.25, 0.3) is 0 Å². The van der Waals surface area contributed by atoms with E-state index in [-0.39, 0.29) is 0 Å². The molecule has 0 unspecified atom stereocenters. The van der Waals surface area contributed by atoms with Crippen LogP contribution in [0.15, 0.2) is 170 Å². The summed E-state index contributed by atoms with van der Waals surface area (Å²) < 4.78 is 7.34. The number of nitrogens with zero attached hydrogens (tertiary/aromatic N) is 4. The maximum absolute atomic E-state index is 5.22. The van der Waals surface area contributed by atoms with Gasteiger partial charge in [0, 0.05) is 65.7 Å². The van der Waals surface area contributed by atoms with Crippen molar-refractivity contribution in [2.75, 3.05) is 0 Å². The van der Waals surface area contributed by atoms with E-state index >= 15 is 0 Å². The highest BCUT2D eigenvalue weighted by Gasteiger charge is 2.20. The molecule has 0 aliphatic carbocycles. The first kappa shape index (κ1) is 28.3. The summed E-state index contributed by atoms with van der Waals surface area (Å²) in [6.07, 6.45) is 2.18. The number of thiophene rings is 1. The zero-order valence-electron chi connectivity index (χ0n) is 27.4. The van der Waals surface area contributed by atoms with Gasteiger partial charge in [0.15, 0.2) is 5.82 Å². The van der Waals surface area contributed by atoms with Crippen molar-refractivity contribution in [1.29, 1.82) is 0 Å². The van der Waals surface area contributed by atoms with Gasteiger partial charge in [-0.3, -0.25) is 0 Å². The maximum atomic E-state index is 5.22. The van der Waals surface area contributed by atoms with E-state index in [1.54, 1.807) is 0 Å². The SMILES string of the molecule is c1ccc(-c2nc(-c3cccc(-n4c5cc6ccn(-c7ccccc7)c6cc5c5ccc6c7ccccc7sc6c54)c3)nc3ccccc23)cc1. The number of rotatable bonds is 4. The molecule has 0 atom stereocenters. The molecule has 0 aliphatic rings. The number of para-hydroxylation sites is 2. The van der Waals surface area contributed by atoms with Gasteiger partial charge in [-0.05, 0) is 54.6 Å². The minimum atomic E-state index is 0.713. The largest absolute Gasteiger partial charge is 0.317 e. The smallest absolute Gasteiger partial charge is 0.160 e. The maximum Gasteiger partial charge on any atom is 0.160 e. The van der Waals surface area contributed by atoms with E-state index < -0.39 is 0 Å². The van der Waals surface area contributed by atoms with E-state index in [1.165, 1.54) is 52.9 Å². The van der Waals surface area contributed by atoms with E-state index in [0.717, 1.165) is 39.1 Å². The quantitative estimate of drug-likeness (QED) is 0.187. The second-order valence-corrected chi connectivity index (χ2v) is 14.1. The number of hydrogen-bond donors (Lipinski definition) is 0. The summed E-state index contributed by atoms with van der Waals surface area (Å²) in [5.41, 5.74) is 9.75. The molecule has 5 heteroatoms. The van der Waals surface area contributed by atoms with Crippen LogP contribution in [0.3, 0.4) is 0 Å². The molecule has 0 bridgehead atoms. The van der Waals surface area contributed by atoms with E-state index in [0.29, 0.717) is 5.82 Å². The fourth-order valence-electron chi connectivity index (χ4n) is 7.79. The summed E-state index contributed by atoms with van der Waals surface area (Å²) in [7, 11) is 0. The lowest BCUT2D eigenvalue weighted by molar-refractivity contribution is 1.13. The van der Waals surface area contributed by atoms with Crippen LogP contribution in [-0.4, -0.2) is 19.1 Å². The lowest BCUT2D eigenvalue weighted by Crippen LogP contribution is -1.98. The average Bonchev–Trinajstić information content (AvgIpc) is 3.89. The molecular weight excluding hydrogens is 641 g/mol.